The summed E-state index contributed by atoms with van der Waals surface area (Å²) < 4.78 is 38.9. The third-order valence-corrected chi connectivity index (χ3v) is 7.90. The van der Waals surface area contributed by atoms with Crippen molar-refractivity contribution in [1.29, 1.82) is 0 Å². The summed E-state index contributed by atoms with van der Waals surface area (Å²) in [6.45, 7) is 1.64. The van der Waals surface area contributed by atoms with E-state index >= 15 is 0 Å². The van der Waals surface area contributed by atoms with E-state index in [2.05, 4.69) is 0 Å². The molecule has 1 aromatic rings. The number of carbonyl (C=O) groups excluding carboxylic acids is 1. The average molecular weight is 437 g/mol. The predicted octanol–water partition coefficient (Wildman–Crippen LogP) is 4.48. The third-order valence-electron chi connectivity index (χ3n) is 7.90. The summed E-state index contributed by atoms with van der Waals surface area (Å²) in [6, 6.07) is 2.66. The van der Waals surface area contributed by atoms with E-state index in [0.717, 1.165) is 25.3 Å². The fourth-order valence-electron chi connectivity index (χ4n) is 6.97. The normalized spacial score (nSPS) is 32.4. The van der Waals surface area contributed by atoms with E-state index in [9.17, 15) is 28.1 Å². The lowest BCUT2D eigenvalue weighted by Crippen LogP contribution is -2.58. The van der Waals surface area contributed by atoms with Gasteiger partial charge in [0.15, 0.2) is 0 Å². The molecule has 5 fully saturated rings. The monoisotopic (exact) mass is 437 g/mol. The Morgan fingerprint density at radius 3 is 2.03 bits per heavy atom. The molecule has 1 amide bonds. The van der Waals surface area contributed by atoms with Crippen LogP contribution in [-0.4, -0.2) is 41.9 Å². The zero-order valence-corrected chi connectivity index (χ0v) is 17.2. The summed E-state index contributed by atoms with van der Waals surface area (Å²) >= 11 is 0. The van der Waals surface area contributed by atoms with Crippen LogP contribution >= 0.6 is 0 Å². The first-order valence-corrected chi connectivity index (χ1v) is 11.0. The summed E-state index contributed by atoms with van der Waals surface area (Å²) in [5.41, 5.74) is -1.62. The highest BCUT2D eigenvalue weighted by Crippen LogP contribution is 2.60. The van der Waals surface area contributed by atoms with Crippen LogP contribution in [-0.2, 0) is 11.0 Å². The minimum Gasteiger partial charge on any atom is -0.362 e. The maximum atomic E-state index is 13.5. The van der Waals surface area contributed by atoms with Gasteiger partial charge in [0.05, 0.1) is 15.9 Å². The number of nitro groups is 1. The number of amides is 1. The Labute approximate surface area is 178 Å². The molecule has 168 valence electrons. The zero-order valence-electron chi connectivity index (χ0n) is 17.2. The van der Waals surface area contributed by atoms with Crippen LogP contribution in [0, 0.1) is 33.3 Å². The van der Waals surface area contributed by atoms with Crippen molar-refractivity contribution >= 4 is 17.3 Å². The maximum Gasteiger partial charge on any atom is 0.416 e. The molecule has 0 N–H and O–H groups in total. The number of benzene rings is 1. The molecule has 0 spiro atoms. The van der Waals surface area contributed by atoms with Gasteiger partial charge >= 0.3 is 6.18 Å². The van der Waals surface area contributed by atoms with Crippen LogP contribution in [0.4, 0.5) is 24.5 Å². The molecule has 1 aromatic carbocycles. The molecular formula is C22H26F3N3O3. The van der Waals surface area contributed by atoms with Gasteiger partial charge in [0.1, 0.15) is 5.69 Å². The second-order valence-corrected chi connectivity index (χ2v) is 9.94. The summed E-state index contributed by atoms with van der Waals surface area (Å²) in [5.74, 6) is 2.25. The van der Waals surface area contributed by atoms with Crippen molar-refractivity contribution < 1.29 is 22.9 Å². The van der Waals surface area contributed by atoms with Gasteiger partial charge in [0.25, 0.3) is 5.69 Å². The lowest BCUT2D eigenvalue weighted by atomic mass is 9.49. The zero-order chi connectivity index (χ0) is 22.0. The van der Waals surface area contributed by atoms with Crippen LogP contribution < -0.4 is 4.90 Å². The van der Waals surface area contributed by atoms with Crippen molar-refractivity contribution in [2.45, 2.75) is 44.7 Å². The van der Waals surface area contributed by atoms with E-state index in [1.54, 1.807) is 4.90 Å². The highest BCUT2D eigenvalue weighted by atomic mass is 19.4. The Bertz CT molecular complexity index is 874. The van der Waals surface area contributed by atoms with E-state index in [0.29, 0.717) is 50.0 Å². The summed E-state index contributed by atoms with van der Waals surface area (Å²) in [6.07, 6.45) is 2.12. The Morgan fingerprint density at radius 1 is 1.00 bits per heavy atom. The second kappa shape index (κ2) is 7.10. The standard InChI is InChI=1S/C22H26F3N3O3/c23-22(24,25)17-1-2-18(19(10-17)28(30)31)26-3-5-27(6-4-26)20(29)21-11-14-7-15(12-21)9-16(8-14)13-21/h1-2,10,14-16H,3-9,11-13H2. The maximum absolute atomic E-state index is 13.5. The average Bonchev–Trinajstić information content (AvgIpc) is 2.71. The Balaban J connectivity index is 1.30. The van der Waals surface area contributed by atoms with Gasteiger partial charge in [0, 0.05) is 32.2 Å². The van der Waals surface area contributed by atoms with Crippen LogP contribution in [0.5, 0.6) is 0 Å². The molecule has 0 aromatic heterocycles. The largest absolute Gasteiger partial charge is 0.416 e. The SMILES string of the molecule is O=C(N1CCN(c2ccc(C(F)(F)F)cc2[N+](=O)[O-])CC1)C12CC3CC(CC(C3)C1)C2. The van der Waals surface area contributed by atoms with E-state index in [-0.39, 0.29) is 17.0 Å². The molecule has 31 heavy (non-hydrogen) atoms. The smallest absolute Gasteiger partial charge is 0.362 e. The van der Waals surface area contributed by atoms with E-state index < -0.39 is 22.4 Å². The molecular weight excluding hydrogens is 411 g/mol. The number of nitrogens with zero attached hydrogens (tertiary/aromatic N) is 3. The Kier molecular flexibility index (Phi) is 4.71. The van der Waals surface area contributed by atoms with Crippen molar-refractivity contribution in [3.8, 4) is 0 Å². The molecule has 4 bridgehead atoms. The van der Waals surface area contributed by atoms with Gasteiger partial charge in [-0.1, -0.05) is 0 Å². The van der Waals surface area contributed by atoms with Gasteiger partial charge in [-0.3, -0.25) is 14.9 Å². The minimum absolute atomic E-state index is 0.180. The number of halogens is 3. The summed E-state index contributed by atoms with van der Waals surface area (Å²) in [7, 11) is 0. The molecule has 1 aliphatic heterocycles. The van der Waals surface area contributed by atoms with Crippen molar-refractivity contribution in [2.75, 3.05) is 31.1 Å². The Hall–Kier alpha value is -2.32. The van der Waals surface area contributed by atoms with Crippen molar-refractivity contribution in [3.63, 3.8) is 0 Å². The molecule has 0 atom stereocenters. The van der Waals surface area contributed by atoms with Crippen LogP contribution in [0.25, 0.3) is 0 Å². The lowest BCUT2D eigenvalue weighted by molar-refractivity contribution is -0.384. The number of alkyl halides is 3. The fraction of sp³-hybridized carbons (Fsp3) is 0.682. The molecule has 0 radical (unpaired) electrons. The number of carbonyl (C=O) groups is 1. The molecule has 6 rings (SSSR count). The van der Waals surface area contributed by atoms with Crippen LogP contribution in [0.3, 0.4) is 0 Å². The molecule has 6 nitrogen and oxygen atoms in total. The molecule has 5 aliphatic rings. The van der Waals surface area contributed by atoms with Crippen LogP contribution in [0.15, 0.2) is 18.2 Å². The van der Waals surface area contributed by atoms with Gasteiger partial charge < -0.3 is 9.80 Å². The first-order chi connectivity index (χ1) is 14.6. The summed E-state index contributed by atoms with van der Waals surface area (Å²) in [5, 5.41) is 11.4. The first-order valence-electron chi connectivity index (χ1n) is 11.0. The number of anilines is 1. The molecule has 0 unspecified atom stereocenters. The molecule has 4 saturated carbocycles. The highest BCUT2D eigenvalue weighted by Gasteiger charge is 2.55. The topological polar surface area (TPSA) is 66.7 Å². The van der Waals surface area contributed by atoms with Crippen molar-refractivity contribution in [1.82, 2.24) is 4.90 Å². The molecule has 9 heteroatoms. The van der Waals surface area contributed by atoms with Crippen molar-refractivity contribution in [3.05, 3.63) is 33.9 Å². The number of rotatable bonds is 3. The third kappa shape index (κ3) is 3.55. The van der Waals surface area contributed by atoms with Gasteiger partial charge in [-0.15, -0.1) is 0 Å². The first kappa shape index (κ1) is 20.6. The minimum atomic E-state index is -4.63. The van der Waals surface area contributed by atoms with E-state index in [1.807, 2.05) is 4.90 Å². The van der Waals surface area contributed by atoms with Crippen molar-refractivity contribution in [2.24, 2.45) is 23.2 Å². The van der Waals surface area contributed by atoms with E-state index in [4.69, 9.17) is 0 Å². The second-order valence-electron chi connectivity index (χ2n) is 9.94. The molecule has 4 aliphatic carbocycles. The number of nitro benzene ring substituents is 1. The Morgan fingerprint density at radius 2 is 1.55 bits per heavy atom. The quantitative estimate of drug-likeness (QED) is 0.517. The molecule has 1 heterocycles. The van der Waals surface area contributed by atoms with Crippen LogP contribution in [0.2, 0.25) is 0 Å². The predicted molar refractivity (Wildman–Crippen MR) is 107 cm³/mol. The van der Waals surface area contributed by atoms with Gasteiger partial charge in [-0.2, -0.15) is 13.2 Å². The van der Waals surface area contributed by atoms with Gasteiger partial charge in [-0.05, 0) is 68.4 Å². The lowest BCUT2D eigenvalue weighted by Gasteiger charge is -2.57. The number of piperazine rings is 1. The molecule has 1 saturated heterocycles. The van der Waals surface area contributed by atoms with E-state index in [1.165, 1.54) is 25.3 Å². The highest BCUT2D eigenvalue weighted by molar-refractivity contribution is 5.83. The fourth-order valence-corrected chi connectivity index (χ4v) is 6.97. The van der Waals surface area contributed by atoms with Gasteiger partial charge in [-0.25, -0.2) is 0 Å². The summed E-state index contributed by atoms with van der Waals surface area (Å²) in [4.78, 5) is 27.8. The van der Waals surface area contributed by atoms with Gasteiger partial charge in [0.2, 0.25) is 5.91 Å². The van der Waals surface area contributed by atoms with Crippen LogP contribution in [0.1, 0.15) is 44.1 Å². The number of hydrogen-bond donors (Lipinski definition) is 0. The number of hydrogen-bond acceptors (Lipinski definition) is 4.